The first-order valence-electron chi connectivity index (χ1n) is 11.6. The zero-order valence-electron chi connectivity index (χ0n) is 20.0. The lowest BCUT2D eigenvalue weighted by Crippen LogP contribution is -2.42. The third-order valence-corrected chi connectivity index (χ3v) is 5.68. The SMILES string of the molecule is CC(CC(=O)c1ccc(C=NNC(=O)OCOC(=O)c2ccccc2)cc1)C(=O)N1CCC(O)CC1. The van der Waals surface area contributed by atoms with E-state index in [9.17, 15) is 24.3 Å². The normalized spacial score (nSPS) is 14.8. The van der Waals surface area contributed by atoms with Gasteiger partial charge in [-0.3, -0.25) is 9.59 Å². The lowest BCUT2D eigenvalue weighted by atomic mass is 9.97. The second kappa shape index (κ2) is 13.1. The summed E-state index contributed by atoms with van der Waals surface area (Å²) in [6.45, 7) is 2.19. The molecule has 1 atom stereocenters. The van der Waals surface area contributed by atoms with E-state index >= 15 is 0 Å². The molecular formula is C26H29N3O7. The van der Waals surface area contributed by atoms with Crippen molar-refractivity contribution in [2.45, 2.75) is 32.3 Å². The van der Waals surface area contributed by atoms with Gasteiger partial charge < -0.3 is 19.5 Å². The first-order chi connectivity index (χ1) is 17.3. The molecule has 10 heteroatoms. The van der Waals surface area contributed by atoms with Crippen LogP contribution in [0.1, 0.15) is 52.5 Å². The predicted octanol–water partition coefficient (Wildman–Crippen LogP) is 2.75. The van der Waals surface area contributed by atoms with E-state index in [0.29, 0.717) is 42.6 Å². The minimum absolute atomic E-state index is 0.0770. The van der Waals surface area contributed by atoms with E-state index in [1.54, 1.807) is 66.4 Å². The number of Topliss-reactive ketones (excluding diaryl/α,β-unsaturated/α-hetero) is 1. The highest BCUT2D eigenvalue weighted by atomic mass is 16.7. The van der Waals surface area contributed by atoms with Crippen LogP contribution in [0.2, 0.25) is 0 Å². The molecule has 2 amide bonds. The quantitative estimate of drug-likeness (QED) is 0.180. The number of piperidine rings is 1. The van der Waals surface area contributed by atoms with Crippen LogP contribution in [0.25, 0.3) is 0 Å². The molecule has 1 unspecified atom stereocenters. The van der Waals surface area contributed by atoms with Crippen LogP contribution in [0.5, 0.6) is 0 Å². The van der Waals surface area contributed by atoms with Crippen molar-refractivity contribution in [1.29, 1.82) is 0 Å². The molecule has 0 aromatic heterocycles. The summed E-state index contributed by atoms with van der Waals surface area (Å²) in [4.78, 5) is 50.3. The molecule has 1 saturated heterocycles. The second-order valence-corrected chi connectivity index (χ2v) is 8.42. The molecule has 1 aliphatic rings. The number of aliphatic hydroxyl groups excluding tert-OH is 1. The number of aliphatic hydroxyl groups is 1. The van der Waals surface area contributed by atoms with Crippen LogP contribution < -0.4 is 5.43 Å². The molecule has 0 aliphatic carbocycles. The van der Waals surface area contributed by atoms with Gasteiger partial charge in [0.05, 0.1) is 17.9 Å². The number of rotatable bonds is 9. The Labute approximate surface area is 208 Å². The molecule has 2 N–H and O–H groups in total. The van der Waals surface area contributed by atoms with Crippen molar-refractivity contribution in [3.05, 3.63) is 71.3 Å². The molecule has 1 fully saturated rings. The van der Waals surface area contributed by atoms with E-state index < -0.39 is 24.8 Å². The lowest BCUT2D eigenvalue weighted by Gasteiger charge is -2.31. The number of ether oxygens (including phenoxy) is 2. The summed E-state index contributed by atoms with van der Waals surface area (Å²) in [7, 11) is 0. The van der Waals surface area contributed by atoms with Crippen molar-refractivity contribution < 1.29 is 33.8 Å². The Morgan fingerprint density at radius 1 is 1.03 bits per heavy atom. The van der Waals surface area contributed by atoms with E-state index in [1.807, 2.05) is 0 Å². The summed E-state index contributed by atoms with van der Waals surface area (Å²) in [6, 6.07) is 14.9. The molecule has 1 heterocycles. The van der Waals surface area contributed by atoms with E-state index in [2.05, 4.69) is 10.5 Å². The van der Waals surface area contributed by atoms with Crippen LogP contribution in [0, 0.1) is 5.92 Å². The fourth-order valence-corrected chi connectivity index (χ4v) is 3.62. The Balaban J connectivity index is 1.39. The number of nitrogens with zero attached hydrogens (tertiary/aromatic N) is 2. The van der Waals surface area contributed by atoms with Crippen LogP contribution in [0.4, 0.5) is 4.79 Å². The monoisotopic (exact) mass is 495 g/mol. The van der Waals surface area contributed by atoms with Gasteiger partial charge in [0.25, 0.3) is 0 Å². The fourth-order valence-electron chi connectivity index (χ4n) is 3.62. The van der Waals surface area contributed by atoms with Crippen molar-refractivity contribution >= 4 is 30.0 Å². The topological polar surface area (TPSA) is 135 Å². The van der Waals surface area contributed by atoms with Gasteiger partial charge in [0.15, 0.2) is 5.78 Å². The average Bonchev–Trinajstić information content (AvgIpc) is 2.89. The maximum Gasteiger partial charge on any atom is 0.430 e. The maximum absolute atomic E-state index is 12.6. The number of likely N-dealkylation sites (tertiary alicyclic amines) is 1. The van der Waals surface area contributed by atoms with Crippen LogP contribution in [-0.4, -0.2) is 66.0 Å². The summed E-state index contributed by atoms with van der Waals surface area (Å²) >= 11 is 0. The van der Waals surface area contributed by atoms with E-state index in [-0.39, 0.29) is 24.2 Å². The van der Waals surface area contributed by atoms with E-state index in [4.69, 9.17) is 9.47 Å². The van der Waals surface area contributed by atoms with Gasteiger partial charge in [0.2, 0.25) is 12.7 Å². The Bertz CT molecular complexity index is 1080. The molecule has 36 heavy (non-hydrogen) atoms. The Morgan fingerprint density at radius 3 is 2.36 bits per heavy atom. The molecule has 0 radical (unpaired) electrons. The summed E-state index contributed by atoms with van der Waals surface area (Å²) in [5, 5.41) is 13.3. The number of nitrogens with one attached hydrogen (secondary N) is 1. The third-order valence-electron chi connectivity index (χ3n) is 5.68. The molecule has 3 rings (SSSR count). The predicted molar refractivity (Wildman–Crippen MR) is 130 cm³/mol. The molecule has 190 valence electrons. The van der Waals surface area contributed by atoms with Crippen LogP contribution in [0.3, 0.4) is 0 Å². The summed E-state index contributed by atoms with van der Waals surface area (Å²) in [5.74, 6) is -1.29. The Hall–Kier alpha value is -4.05. The van der Waals surface area contributed by atoms with Crippen LogP contribution in [0.15, 0.2) is 59.7 Å². The Morgan fingerprint density at radius 2 is 1.69 bits per heavy atom. The van der Waals surface area contributed by atoms with Gasteiger partial charge in [0, 0.05) is 31.0 Å². The van der Waals surface area contributed by atoms with Crippen molar-refractivity contribution in [2.75, 3.05) is 19.9 Å². The number of benzene rings is 2. The minimum atomic E-state index is -0.902. The summed E-state index contributed by atoms with van der Waals surface area (Å²) < 4.78 is 9.57. The molecule has 2 aromatic carbocycles. The van der Waals surface area contributed by atoms with Gasteiger partial charge >= 0.3 is 12.1 Å². The number of hydrogen-bond donors (Lipinski definition) is 2. The van der Waals surface area contributed by atoms with Crippen molar-refractivity contribution in [1.82, 2.24) is 10.3 Å². The van der Waals surface area contributed by atoms with Gasteiger partial charge in [0.1, 0.15) is 0 Å². The number of carbonyl (C=O) groups is 4. The first kappa shape index (κ1) is 26.6. The van der Waals surface area contributed by atoms with Crippen molar-refractivity contribution in [3.8, 4) is 0 Å². The zero-order valence-corrected chi connectivity index (χ0v) is 20.0. The second-order valence-electron chi connectivity index (χ2n) is 8.42. The highest BCUT2D eigenvalue weighted by molar-refractivity contribution is 5.99. The van der Waals surface area contributed by atoms with Crippen LogP contribution in [-0.2, 0) is 14.3 Å². The average molecular weight is 496 g/mol. The smallest absolute Gasteiger partial charge is 0.424 e. The van der Waals surface area contributed by atoms with Gasteiger partial charge in [-0.15, -0.1) is 0 Å². The standard InChI is InChI=1S/C26H29N3O7/c1-18(24(32)29-13-11-22(30)12-14-29)15-23(31)20-9-7-19(8-10-20)16-27-28-26(34)36-17-35-25(33)21-5-3-2-4-6-21/h2-10,16,18,22,30H,11-15,17H2,1H3,(H,28,34). The third kappa shape index (κ3) is 8.02. The number of ketones is 1. The van der Waals surface area contributed by atoms with Gasteiger partial charge in [-0.2, -0.15) is 5.10 Å². The van der Waals surface area contributed by atoms with Gasteiger partial charge in [-0.25, -0.2) is 15.0 Å². The van der Waals surface area contributed by atoms with Crippen molar-refractivity contribution in [2.24, 2.45) is 11.0 Å². The summed E-state index contributed by atoms with van der Waals surface area (Å²) in [6.07, 6.45) is 1.31. The molecule has 0 bridgehead atoms. The molecule has 10 nitrogen and oxygen atoms in total. The molecular weight excluding hydrogens is 466 g/mol. The fraction of sp³-hybridized carbons (Fsp3) is 0.346. The highest BCUT2D eigenvalue weighted by Gasteiger charge is 2.26. The molecule has 0 saturated carbocycles. The lowest BCUT2D eigenvalue weighted by molar-refractivity contribution is -0.136. The van der Waals surface area contributed by atoms with Gasteiger partial charge in [-0.1, -0.05) is 49.4 Å². The largest absolute Gasteiger partial charge is 0.430 e. The number of hydrogen-bond acceptors (Lipinski definition) is 8. The molecule has 0 spiro atoms. The number of carbonyl (C=O) groups excluding carboxylic acids is 4. The molecule has 2 aromatic rings. The Kier molecular flexibility index (Phi) is 9.70. The van der Waals surface area contributed by atoms with E-state index in [1.165, 1.54) is 6.21 Å². The number of esters is 1. The van der Waals surface area contributed by atoms with Crippen molar-refractivity contribution in [3.63, 3.8) is 0 Å². The van der Waals surface area contributed by atoms with Gasteiger partial charge in [-0.05, 0) is 30.5 Å². The highest BCUT2D eigenvalue weighted by Crippen LogP contribution is 2.17. The minimum Gasteiger partial charge on any atom is -0.424 e. The maximum atomic E-state index is 12.6. The van der Waals surface area contributed by atoms with Crippen LogP contribution >= 0.6 is 0 Å². The number of amides is 2. The first-order valence-corrected chi connectivity index (χ1v) is 11.6. The summed E-state index contributed by atoms with van der Waals surface area (Å²) in [5.41, 5.74) is 3.57. The molecule has 1 aliphatic heterocycles. The zero-order chi connectivity index (χ0) is 25.9. The number of hydrazone groups is 1. The van der Waals surface area contributed by atoms with E-state index in [0.717, 1.165) is 0 Å².